The number of hydrogen-bond acceptors (Lipinski definition) is 3. The minimum atomic E-state index is -0.487. The number of rotatable bonds is 0. The van der Waals surface area contributed by atoms with Crippen molar-refractivity contribution < 1.29 is 9.47 Å². The summed E-state index contributed by atoms with van der Waals surface area (Å²) in [5.41, 5.74) is 5.51. The molecule has 1 aliphatic heterocycles. The van der Waals surface area contributed by atoms with Crippen molar-refractivity contribution in [2.45, 2.75) is 52.7 Å². The van der Waals surface area contributed by atoms with Crippen molar-refractivity contribution in [2.75, 3.05) is 0 Å². The number of ether oxygens (including phenoxy) is 2. The Kier molecular flexibility index (Phi) is 4.00. The lowest BCUT2D eigenvalue weighted by atomic mass is 10.4. The van der Waals surface area contributed by atoms with Gasteiger partial charge < -0.3 is 15.2 Å². The fourth-order valence-corrected chi connectivity index (χ4v) is 0.966. The van der Waals surface area contributed by atoms with E-state index < -0.39 is 5.79 Å². The fraction of sp³-hybridized carbons (Fsp3) is 1.00. The smallest absolute Gasteiger partial charge is 0.165 e. The van der Waals surface area contributed by atoms with Crippen LogP contribution in [-0.2, 0) is 9.47 Å². The first kappa shape index (κ1) is 10.9. The van der Waals surface area contributed by atoms with Gasteiger partial charge in [0.1, 0.15) is 6.23 Å². The van der Waals surface area contributed by atoms with Crippen LogP contribution in [-0.4, -0.2) is 18.1 Å². The van der Waals surface area contributed by atoms with Gasteiger partial charge in [-0.25, -0.2) is 0 Å². The molecule has 0 spiro atoms. The van der Waals surface area contributed by atoms with Crippen LogP contribution in [0.25, 0.3) is 0 Å². The lowest BCUT2D eigenvalue weighted by molar-refractivity contribution is -0.144. The lowest BCUT2D eigenvalue weighted by Gasteiger charge is -2.15. The van der Waals surface area contributed by atoms with Gasteiger partial charge in [0.15, 0.2) is 5.79 Å². The highest BCUT2D eigenvalue weighted by molar-refractivity contribution is 4.72. The molecular weight excluding hydrogens is 142 g/mol. The second kappa shape index (κ2) is 4.04. The monoisotopic (exact) mass is 161 g/mol. The zero-order valence-corrected chi connectivity index (χ0v) is 8.05. The van der Waals surface area contributed by atoms with Crippen molar-refractivity contribution in [3.63, 3.8) is 0 Å². The van der Waals surface area contributed by atoms with Gasteiger partial charge in [0.05, 0.1) is 6.10 Å². The fourth-order valence-electron chi connectivity index (χ4n) is 0.966. The molecule has 0 saturated carbocycles. The minimum Gasteiger partial charge on any atom is -0.343 e. The van der Waals surface area contributed by atoms with E-state index in [1.807, 2.05) is 34.6 Å². The maximum atomic E-state index is 5.51. The molecule has 2 N–H and O–H groups in total. The predicted octanol–water partition coefficient (Wildman–Crippen LogP) is 1.47. The summed E-state index contributed by atoms with van der Waals surface area (Å²) < 4.78 is 10.5. The Hall–Kier alpha value is -0.120. The molecule has 68 valence electrons. The second-order valence-electron chi connectivity index (χ2n) is 2.81. The zero-order chi connectivity index (χ0) is 9.07. The zero-order valence-electron chi connectivity index (χ0n) is 8.05. The van der Waals surface area contributed by atoms with E-state index in [1.54, 1.807) is 0 Å². The molecule has 0 amide bonds. The third-order valence-corrected chi connectivity index (χ3v) is 1.35. The Morgan fingerprint density at radius 1 is 1.18 bits per heavy atom. The maximum absolute atomic E-state index is 5.51. The van der Waals surface area contributed by atoms with E-state index in [9.17, 15) is 0 Å². The predicted molar refractivity (Wildman–Crippen MR) is 45.0 cm³/mol. The van der Waals surface area contributed by atoms with E-state index >= 15 is 0 Å². The topological polar surface area (TPSA) is 44.5 Å². The van der Waals surface area contributed by atoms with Crippen molar-refractivity contribution in [1.29, 1.82) is 0 Å². The summed E-state index contributed by atoms with van der Waals surface area (Å²) in [6.45, 7) is 9.62. The summed E-state index contributed by atoms with van der Waals surface area (Å²) in [6.07, 6.45) is -0.250. The molecule has 0 aromatic heterocycles. The van der Waals surface area contributed by atoms with Gasteiger partial charge in [0.2, 0.25) is 0 Å². The van der Waals surface area contributed by atoms with Crippen LogP contribution in [0.3, 0.4) is 0 Å². The van der Waals surface area contributed by atoms with Gasteiger partial charge in [-0.05, 0) is 20.8 Å². The second-order valence-corrected chi connectivity index (χ2v) is 2.81. The van der Waals surface area contributed by atoms with Crippen molar-refractivity contribution >= 4 is 0 Å². The van der Waals surface area contributed by atoms with Crippen molar-refractivity contribution in [3.05, 3.63) is 0 Å². The van der Waals surface area contributed by atoms with E-state index in [1.165, 1.54) is 0 Å². The van der Waals surface area contributed by atoms with Crippen LogP contribution in [0, 0.1) is 0 Å². The van der Waals surface area contributed by atoms with Crippen LogP contribution in [0.1, 0.15) is 34.6 Å². The molecule has 2 atom stereocenters. The van der Waals surface area contributed by atoms with Crippen molar-refractivity contribution in [1.82, 2.24) is 0 Å². The first-order valence-corrected chi connectivity index (χ1v) is 4.12. The van der Waals surface area contributed by atoms with Crippen LogP contribution < -0.4 is 5.73 Å². The molecule has 1 saturated heterocycles. The van der Waals surface area contributed by atoms with E-state index in [0.717, 1.165) is 0 Å². The van der Waals surface area contributed by atoms with Crippen LogP contribution in [0.15, 0.2) is 0 Å². The summed E-state index contributed by atoms with van der Waals surface area (Å²) in [4.78, 5) is 0. The summed E-state index contributed by atoms with van der Waals surface area (Å²) in [5, 5.41) is 0. The highest BCUT2D eigenvalue weighted by atomic mass is 16.8. The molecule has 1 aliphatic rings. The van der Waals surface area contributed by atoms with Gasteiger partial charge in [0.25, 0.3) is 0 Å². The molecule has 0 aromatic rings. The molecule has 0 aliphatic carbocycles. The third-order valence-electron chi connectivity index (χ3n) is 1.35. The molecule has 1 fully saturated rings. The molecular formula is C8H19NO2. The first-order valence-electron chi connectivity index (χ1n) is 4.12. The van der Waals surface area contributed by atoms with Gasteiger partial charge in [-0.1, -0.05) is 13.8 Å². The molecule has 0 aromatic carbocycles. The molecule has 3 nitrogen and oxygen atoms in total. The van der Waals surface area contributed by atoms with Gasteiger partial charge in [-0.2, -0.15) is 0 Å². The summed E-state index contributed by atoms with van der Waals surface area (Å²) in [5.74, 6) is -0.487. The Morgan fingerprint density at radius 3 is 1.73 bits per heavy atom. The van der Waals surface area contributed by atoms with Gasteiger partial charge in [0, 0.05) is 0 Å². The Balaban J connectivity index is 0.000000461. The van der Waals surface area contributed by atoms with Crippen molar-refractivity contribution in [2.24, 2.45) is 5.73 Å². The Morgan fingerprint density at radius 2 is 1.64 bits per heavy atom. The first-order chi connectivity index (χ1) is 5.01. The van der Waals surface area contributed by atoms with Crippen LogP contribution in [0.5, 0.6) is 0 Å². The van der Waals surface area contributed by atoms with Crippen LogP contribution in [0.2, 0.25) is 0 Å². The van der Waals surface area contributed by atoms with Gasteiger partial charge >= 0.3 is 0 Å². The average Bonchev–Trinajstić information content (AvgIpc) is 2.10. The maximum Gasteiger partial charge on any atom is 0.165 e. The summed E-state index contributed by atoms with van der Waals surface area (Å²) >= 11 is 0. The Bertz CT molecular complexity index is 103. The quantitative estimate of drug-likeness (QED) is 0.585. The molecule has 3 heteroatoms. The molecule has 0 bridgehead atoms. The number of hydrogen-bond donors (Lipinski definition) is 1. The van der Waals surface area contributed by atoms with Gasteiger partial charge in [-0.15, -0.1) is 0 Å². The standard InChI is InChI=1S/C6H13NO2.C2H6/c1-4-5(7)9-6(2,3)8-4;1-2/h4-5H,7H2,1-3H3;1-2H3. The SMILES string of the molecule is CC.CC1OC(C)(C)OC1N. The largest absolute Gasteiger partial charge is 0.343 e. The van der Waals surface area contributed by atoms with Crippen LogP contribution >= 0.6 is 0 Å². The normalized spacial score (nSPS) is 34.4. The third kappa shape index (κ3) is 3.18. The Labute approximate surface area is 68.9 Å². The molecule has 1 heterocycles. The highest BCUT2D eigenvalue weighted by Crippen LogP contribution is 2.24. The highest BCUT2D eigenvalue weighted by Gasteiger charge is 2.36. The molecule has 11 heavy (non-hydrogen) atoms. The minimum absolute atomic E-state index is 0.0139. The number of nitrogens with two attached hydrogens (primary N) is 1. The van der Waals surface area contributed by atoms with Crippen molar-refractivity contribution in [3.8, 4) is 0 Å². The van der Waals surface area contributed by atoms with Gasteiger partial charge in [-0.3, -0.25) is 0 Å². The van der Waals surface area contributed by atoms with E-state index in [-0.39, 0.29) is 12.3 Å². The summed E-state index contributed by atoms with van der Waals surface area (Å²) in [7, 11) is 0. The average molecular weight is 161 g/mol. The summed E-state index contributed by atoms with van der Waals surface area (Å²) in [6, 6.07) is 0. The molecule has 1 rings (SSSR count). The molecule has 0 radical (unpaired) electrons. The van der Waals surface area contributed by atoms with E-state index in [2.05, 4.69) is 0 Å². The van der Waals surface area contributed by atoms with Crippen LogP contribution in [0.4, 0.5) is 0 Å². The lowest BCUT2D eigenvalue weighted by Crippen LogP contribution is -2.29. The van der Waals surface area contributed by atoms with E-state index in [0.29, 0.717) is 0 Å². The van der Waals surface area contributed by atoms with E-state index in [4.69, 9.17) is 15.2 Å². The molecule has 2 unspecified atom stereocenters.